The van der Waals surface area contributed by atoms with Gasteiger partial charge in [0.05, 0.1) is 0 Å². The van der Waals surface area contributed by atoms with Crippen molar-refractivity contribution in [1.29, 1.82) is 0 Å². The standard InChI is InChI=1S/C20H24F3N5O2/c1-12(30-15-4-2-3-14(21)9-15)19(29)27-7-5-13(6-8-27)16-10-17(18(22)23)28-20(26-16)24-11-25-28/h2-4,9,11-13,16-18H,5-8,10H2,1H3,(H,24,25,26)/t12?,16-,17+/m0/s1. The summed E-state index contributed by atoms with van der Waals surface area (Å²) in [4.78, 5) is 18.5. The van der Waals surface area contributed by atoms with Gasteiger partial charge in [0.2, 0.25) is 5.95 Å². The molecule has 1 unspecified atom stereocenters. The fraction of sp³-hybridized carbons (Fsp3) is 0.550. The number of rotatable bonds is 5. The van der Waals surface area contributed by atoms with E-state index >= 15 is 0 Å². The Balaban J connectivity index is 1.33. The predicted molar refractivity (Wildman–Crippen MR) is 103 cm³/mol. The fourth-order valence-corrected chi connectivity index (χ4v) is 4.27. The smallest absolute Gasteiger partial charge is 0.263 e. The zero-order chi connectivity index (χ0) is 21.3. The van der Waals surface area contributed by atoms with E-state index in [1.54, 1.807) is 17.9 Å². The van der Waals surface area contributed by atoms with E-state index in [-0.39, 0.29) is 24.3 Å². The van der Waals surface area contributed by atoms with Crippen molar-refractivity contribution in [2.75, 3.05) is 18.4 Å². The van der Waals surface area contributed by atoms with Crippen LogP contribution in [-0.4, -0.2) is 57.2 Å². The van der Waals surface area contributed by atoms with E-state index in [1.165, 1.54) is 29.2 Å². The van der Waals surface area contributed by atoms with E-state index in [2.05, 4.69) is 15.4 Å². The number of nitrogens with zero attached hydrogens (tertiary/aromatic N) is 4. The van der Waals surface area contributed by atoms with Crippen LogP contribution in [-0.2, 0) is 4.79 Å². The van der Waals surface area contributed by atoms with Crippen molar-refractivity contribution in [3.8, 4) is 5.75 Å². The summed E-state index contributed by atoms with van der Waals surface area (Å²) in [7, 11) is 0. The Kier molecular flexibility index (Phi) is 5.83. The molecule has 10 heteroatoms. The number of nitrogens with one attached hydrogen (secondary N) is 1. The molecule has 1 N–H and O–H groups in total. The molecule has 4 rings (SSSR count). The molecule has 2 aliphatic heterocycles. The van der Waals surface area contributed by atoms with Crippen LogP contribution in [0.1, 0.15) is 32.2 Å². The van der Waals surface area contributed by atoms with Crippen LogP contribution in [0.3, 0.4) is 0 Å². The first-order valence-corrected chi connectivity index (χ1v) is 10.1. The molecule has 2 aliphatic rings. The summed E-state index contributed by atoms with van der Waals surface area (Å²) in [5, 5.41) is 7.13. The second-order valence-corrected chi connectivity index (χ2v) is 7.80. The van der Waals surface area contributed by atoms with Crippen molar-refractivity contribution in [3.05, 3.63) is 36.4 Å². The summed E-state index contributed by atoms with van der Waals surface area (Å²) in [5.74, 6) is 0.233. The summed E-state index contributed by atoms with van der Waals surface area (Å²) in [6.45, 7) is 2.68. The maximum atomic E-state index is 13.5. The zero-order valence-electron chi connectivity index (χ0n) is 16.5. The van der Waals surface area contributed by atoms with Crippen molar-refractivity contribution in [2.24, 2.45) is 5.92 Å². The largest absolute Gasteiger partial charge is 0.481 e. The molecular weight excluding hydrogens is 399 g/mol. The Morgan fingerprint density at radius 1 is 1.30 bits per heavy atom. The van der Waals surface area contributed by atoms with Gasteiger partial charge in [-0.2, -0.15) is 10.1 Å². The zero-order valence-corrected chi connectivity index (χ0v) is 16.5. The van der Waals surface area contributed by atoms with Gasteiger partial charge in [-0.25, -0.2) is 17.9 Å². The van der Waals surface area contributed by atoms with Crippen molar-refractivity contribution < 1.29 is 22.7 Å². The SMILES string of the molecule is CC(Oc1cccc(F)c1)C(=O)N1CCC([C@@H]2C[C@H](C(F)F)n3ncnc3N2)CC1. The third-order valence-corrected chi connectivity index (χ3v) is 5.87. The molecule has 0 spiro atoms. The first kappa shape index (κ1) is 20.5. The lowest BCUT2D eigenvalue weighted by atomic mass is 9.85. The molecule has 0 radical (unpaired) electrons. The number of hydrogen-bond acceptors (Lipinski definition) is 5. The van der Waals surface area contributed by atoms with Crippen LogP contribution in [0.5, 0.6) is 5.75 Å². The summed E-state index contributed by atoms with van der Waals surface area (Å²) >= 11 is 0. The van der Waals surface area contributed by atoms with Crippen molar-refractivity contribution in [3.63, 3.8) is 0 Å². The number of amides is 1. The number of ether oxygens (including phenoxy) is 1. The molecule has 162 valence electrons. The number of fused-ring (bicyclic) bond motifs is 1. The number of hydrogen-bond donors (Lipinski definition) is 1. The van der Waals surface area contributed by atoms with Gasteiger partial charge in [0, 0.05) is 25.2 Å². The Morgan fingerprint density at radius 2 is 2.07 bits per heavy atom. The van der Waals surface area contributed by atoms with Gasteiger partial charge in [0.25, 0.3) is 12.3 Å². The molecule has 1 amide bonds. The van der Waals surface area contributed by atoms with Gasteiger partial charge in [0.15, 0.2) is 6.10 Å². The second-order valence-electron chi connectivity index (χ2n) is 7.80. The number of likely N-dealkylation sites (tertiary alicyclic amines) is 1. The van der Waals surface area contributed by atoms with Crippen molar-refractivity contribution in [1.82, 2.24) is 19.7 Å². The Hall–Kier alpha value is -2.78. The van der Waals surface area contributed by atoms with Crippen LogP contribution >= 0.6 is 0 Å². The molecule has 1 aromatic carbocycles. The molecule has 0 saturated carbocycles. The summed E-state index contributed by atoms with van der Waals surface area (Å²) < 4.78 is 47.1. The first-order valence-electron chi connectivity index (χ1n) is 10.1. The molecule has 30 heavy (non-hydrogen) atoms. The average molecular weight is 423 g/mol. The van der Waals surface area contributed by atoms with E-state index in [4.69, 9.17) is 4.74 Å². The highest BCUT2D eigenvalue weighted by atomic mass is 19.3. The summed E-state index contributed by atoms with van der Waals surface area (Å²) in [6.07, 6.45) is -0.316. The third-order valence-electron chi connectivity index (χ3n) is 5.87. The topological polar surface area (TPSA) is 72.3 Å². The van der Waals surface area contributed by atoms with Crippen LogP contribution in [0.15, 0.2) is 30.6 Å². The highest BCUT2D eigenvalue weighted by Gasteiger charge is 2.39. The van der Waals surface area contributed by atoms with Gasteiger partial charge >= 0.3 is 0 Å². The normalized spacial score (nSPS) is 23.0. The summed E-state index contributed by atoms with van der Waals surface area (Å²) in [6, 6.07) is 4.55. The molecule has 3 atom stereocenters. The van der Waals surface area contributed by atoms with Gasteiger partial charge in [-0.3, -0.25) is 4.79 Å². The molecule has 1 saturated heterocycles. The lowest BCUT2D eigenvalue weighted by Gasteiger charge is -2.40. The number of alkyl halides is 2. The first-order chi connectivity index (χ1) is 14.4. The van der Waals surface area contributed by atoms with Crippen LogP contribution in [0.25, 0.3) is 0 Å². The maximum absolute atomic E-state index is 13.5. The average Bonchev–Trinajstić information content (AvgIpc) is 3.21. The Bertz CT molecular complexity index is 885. The molecule has 0 bridgehead atoms. The van der Waals surface area contributed by atoms with Gasteiger partial charge in [0.1, 0.15) is 23.9 Å². The monoisotopic (exact) mass is 423 g/mol. The molecule has 0 aliphatic carbocycles. The minimum absolute atomic E-state index is 0.140. The van der Waals surface area contributed by atoms with Gasteiger partial charge in [-0.05, 0) is 44.2 Å². The molecule has 2 aromatic rings. The van der Waals surface area contributed by atoms with E-state index < -0.39 is 24.4 Å². The van der Waals surface area contributed by atoms with Crippen LogP contribution in [0.2, 0.25) is 0 Å². The summed E-state index contributed by atoms with van der Waals surface area (Å²) in [5.41, 5.74) is 0. The molecule has 1 aromatic heterocycles. The Labute approximate surface area is 172 Å². The quantitative estimate of drug-likeness (QED) is 0.800. The fourth-order valence-electron chi connectivity index (χ4n) is 4.27. The Morgan fingerprint density at radius 3 is 2.77 bits per heavy atom. The number of halogens is 3. The van der Waals surface area contributed by atoms with Gasteiger partial charge in [-0.15, -0.1) is 0 Å². The second kappa shape index (κ2) is 8.53. The lowest BCUT2D eigenvalue weighted by Crippen LogP contribution is -2.48. The van der Waals surface area contributed by atoms with Crippen molar-refractivity contribution >= 4 is 11.9 Å². The molecular formula is C20H24F3N5O2. The minimum Gasteiger partial charge on any atom is -0.481 e. The maximum Gasteiger partial charge on any atom is 0.263 e. The van der Waals surface area contributed by atoms with Crippen molar-refractivity contribution in [2.45, 2.75) is 50.8 Å². The molecule has 7 nitrogen and oxygen atoms in total. The third kappa shape index (κ3) is 4.22. The number of aromatic nitrogens is 3. The molecule has 1 fully saturated rings. The van der Waals surface area contributed by atoms with Crippen LogP contribution in [0, 0.1) is 11.7 Å². The van der Waals surface area contributed by atoms with E-state index in [9.17, 15) is 18.0 Å². The number of benzene rings is 1. The number of carbonyl (C=O) groups is 1. The number of piperidine rings is 1. The number of carbonyl (C=O) groups excluding carboxylic acids is 1. The van der Waals surface area contributed by atoms with E-state index in [1.807, 2.05) is 0 Å². The number of anilines is 1. The van der Waals surface area contributed by atoms with E-state index in [0.717, 1.165) is 0 Å². The van der Waals surface area contributed by atoms with Crippen LogP contribution < -0.4 is 10.1 Å². The van der Waals surface area contributed by atoms with Gasteiger partial charge < -0.3 is 15.0 Å². The highest BCUT2D eigenvalue weighted by molar-refractivity contribution is 5.81. The minimum atomic E-state index is -2.52. The van der Waals surface area contributed by atoms with Crippen LogP contribution in [0.4, 0.5) is 19.1 Å². The lowest BCUT2D eigenvalue weighted by molar-refractivity contribution is -0.139. The molecule has 3 heterocycles. The van der Waals surface area contributed by atoms with Gasteiger partial charge in [-0.1, -0.05) is 6.07 Å². The highest BCUT2D eigenvalue weighted by Crippen LogP contribution is 2.35. The van der Waals surface area contributed by atoms with E-state index in [0.29, 0.717) is 37.6 Å². The predicted octanol–water partition coefficient (Wildman–Crippen LogP) is 3.11.